The molecule has 0 atom stereocenters. The fourth-order valence-corrected chi connectivity index (χ4v) is 2.92. The van der Waals surface area contributed by atoms with E-state index in [0.717, 1.165) is 23.5 Å². The first kappa shape index (κ1) is 13.0. The van der Waals surface area contributed by atoms with Crippen molar-refractivity contribution in [1.82, 2.24) is 14.8 Å². The van der Waals surface area contributed by atoms with Crippen molar-refractivity contribution in [3.05, 3.63) is 23.5 Å². The molecule has 1 fully saturated rings. The lowest BCUT2D eigenvalue weighted by Gasteiger charge is -2.11. The van der Waals surface area contributed by atoms with Gasteiger partial charge in [-0.1, -0.05) is 0 Å². The highest BCUT2D eigenvalue weighted by Gasteiger charge is 2.15. The Morgan fingerprint density at radius 3 is 3.20 bits per heavy atom. The molecule has 2 heterocycles. The molecule has 0 spiro atoms. The van der Waals surface area contributed by atoms with E-state index in [1.165, 1.54) is 11.3 Å². The number of aromatic nitrogens is 2. The molecular weight excluding hydrogens is 276 g/mol. The summed E-state index contributed by atoms with van der Waals surface area (Å²) >= 11 is 1.53. The lowest BCUT2D eigenvalue weighted by molar-refractivity contribution is -0.121. The lowest BCUT2D eigenvalue weighted by atomic mass is 9.97. The highest BCUT2D eigenvalue weighted by Crippen LogP contribution is 2.12. The number of imidazole rings is 1. The first-order chi connectivity index (χ1) is 9.70. The van der Waals surface area contributed by atoms with E-state index in [2.05, 4.69) is 15.5 Å². The summed E-state index contributed by atoms with van der Waals surface area (Å²) in [4.78, 5) is 28.3. The van der Waals surface area contributed by atoms with Gasteiger partial charge in [-0.05, 0) is 12.8 Å². The molecule has 0 aliphatic heterocycles. The Morgan fingerprint density at radius 1 is 1.50 bits per heavy atom. The van der Waals surface area contributed by atoms with Gasteiger partial charge in [0.15, 0.2) is 4.96 Å². The second-order valence-corrected chi connectivity index (χ2v) is 5.66. The first-order valence-electron chi connectivity index (χ1n) is 6.48. The largest absolute Gasteiger partial charge is 0.299 e. The predicted octanol–water partition coefficient (Wildman–Crippen LogP) is 1.55. The molecule has 1 amide bonds. The fourth-order valence-electron chi connectivity index (χ4n) is 2.20. The zero-order chi connectivity index (χ0) is 13.9. The summed E-state index contributed by atoms with van der Waals surface area (Å²) in [6, 6.07) is 0. The normalized spacial score (nSPS) is 17.8. The van der Waals surface area contributed by atoms with Crippen LogP contribution < -0.4 is 5.43 Å². The van der Waals surface area contributed by atoms with Gasteiger partial charge in [-0.2, -0.15) is 5.10 Å². The monoisotopic (exact) mass is 290 g/mol. The number of carbonyl (C=O) groups excluding carboxylic acids is 2. The number of nitrogens with zero attached hydrogens (tertiary/aromatic N) is 3. The van der Waals surface area contributed by atoms with Crippen molar-refractivity contribution in [1.29, 1.82) is 0 Å². The number of hydrazone groups is 1. The number of ketones is 1. The van der Waals surface area contributed by atoms with E-state index in [1.807, 2.05) is 22.2 Å². The second-order valence-electron chi connectivity index (χ2n) is 4.78. The molecule has 0 unspecified atom stereocenters. The van der Waals surface area contributed by atoms with Crippen LogP contribution in [-0.2, 0) is 16.0 Å². The molecule has 104 valence electrons. The van der Waals surface area contributed by atoms with Crippen molar-refractivity contribution in [2.75, 3.05) is 0 Å². The average Bonchev–Trinajstić information content (AvgIpc) is 2.97. The van der Waals surface area contributed by atoms with E-state index in [-0.39, 0.29) is 18.1 Å². The van der Waals surface area contributed by atoms with Crippen LogP contribution in [0.2, 0.25) is 0 Å². The van der Waals surface area contributed by atoms with Crippen molar-refractivity contribution < 1.29 is 9.59 Å². The second kappa shape index (κ2) is 5.54. The van der Waals surface area contributed by atoms with Gasteiger partial charge in [0.05, 0.1) is 12.1 Å². The van der Waals surface area contributed by atoms with Crippen LogP contribution in [0.25, 0.3) is 4.96 Å². The highest BCUT2D eigenvalue weighted by molar-refractivity contribution is 7.15. The van der Waals surface area contributed by atoms with Crippen LogP contribution in [-0.4, -0.2) is 26.8 Å². The van der Waals surface area contributed by atoms with Crippen LogP contribution >= 0.6 is 11.3 Å². The summed E-state index contributed by atoms with van der Waals surface area (Å²) in [6.45, 7) is 0. The fraction of sp³-hybridized carbons (Fsp3) is 0.385. The molecule has 1 N–H and O–H groups in total. The number of rotatable bonds is 3. The number of thiazole rings is 1. The van der Waals surface area contributed by atoms with E-state index in [0.29, 0.717) is 18.5 Å². The molecule has 0 radical (unpaired) electrons. The van der Waals surface area contributed by atoms with Crippen LogP contribution in [0.3, 0.4) is 0 Å². The molecule has 6 nitrogen and oxygen atoms in total. The van der Waals surface area contributed by atoms with Crippen LogP contribution in [0.4, 0.5) is 0 Å². The summed E-state index contributed by atoms with van der Waals surface area (Å²) in [5, 5.41) is 5.98. The van der Waals surface area contributed by atoms with E-state index in [4.69, 9.17) is 0 Å². The number of amides is 1. The standard InChI is InChI=1S/C13H14N4O2S/c18-11-3-1-2-9(6-11)15-16-12(19)7-10-8-17-4-5-20-13(17)14-10/h4-5,8H,1-3,6-7H2,(H,16,19)/b15-9-. The summed E-state index contributed by atoms with van der Waals surface area (Å²) < 4.78 is 1.89. The van der Waals surface area contributed by atoms with Crippen molar-refractivity contribution in [3.63, 3.8) is 0 Å². The van der Waals surface area contributed by atoms with Crippen LogP contribution in [0, 0.1) is 0 Å². The van der Waals surface area contributed by atoms with Crippen LogP contribution in [0.1, 0.15) is 31.4 Å². The summed E-state index contributed by atoms with van der Waals surface area (Å²) in [5.41, 5.74) is 3.99. The number of hydrogen-bond donors (Lipinski definition) is 1. The number of fused-ring (bicyclic) bond motifs is 1. The van der Waals surface area contributed by atoms with Gasteiger partial charge in [0.1, 0.15) is 5.78 Å². The Balaban J connectivity index is 1.58. The van der Waals surface area contributed by atoms with Crippen molar-refractivity contribution in [2.24, 2.45) is 5.10 Å². The number of hydrogen-bond acceptors (Lipinski definition) is 5. The average molecular weight is 290 g/mol. The Bertz CT molecular complexity index is 657. The van der Waals surface area contributed by atoms with E-state index < -0.39 is 0 Å². The number of nitrogens with one attached hydrogen (secondary N) is 1. The van der Waals surface area contributed by atoms with Crippen LogP contribution in [0.5, 0.6) is 0 Å². The molecular formula is C13H14N4O2S. The minimum atomic E-state index is -0.207. The molecule has 2 aromatic heterocycles. The van der Waals surface area contributed by atoms with Gasteiger partial charge in [0, 0.05) is 36.3 Å². The minimum Gasteiger partial charge on any atom is -0.299 e. The van der Waals surface area contributed by atoms with Gasteiger partial charge in [0.2, 0.25) is 5.91 Å². The Labute approximate surface area is 119 Å². The third-order valence-corrected chi connectivity index (χ3v) is 3.92. The van der Waals surface area contributed by atoms with E-state index >= 15 is 0 Å². The lowest BCUT2D eigenvalue weighted by Crippen LogP contribution is -2.24. The van der Waals surface area contributed by atoms with Gasteiger partial charge < -0.3 is 0 Å². The molecule has 1 saturated carbocycles. The van der Waals surface area contributed by atoms with Gasteiger partial charge in [-0.25, -0.2) is 10.4 Å². The summed E-state index contributed by atoms with van der Waals surface area (Å²) in [5.74, 6) is -0.0140. The highest BCUT2D eigenvalue weighted by atomic mass is 32.1. The predicted molar refractivity (Wildman–Crippen MR) is 75.8 cm³/mol. The van der Waals surface area contributed by atoms with E-state index in [1.54, 1.807) is 0 Å². The number of carbonyl (C=O) groups is 2. The molecule has 2 aromatic rings. The Kier molecular flexibility index (Phi) is 3.60. The van der Waals surface area contributed by atoms with Crippen molar-refractivity contribution >= 4 is 33.7 Å². The molecule has 20 heavy (non-hydrogen) atoms. The molecule has 7 heteroatoms. The van der Waals surface area contributed by atoms with Crippen molar-refractivity contribution in [2.45, 2.75) is 32.1 Å². The third-order valence-electron chi connectivity index (χ3n) is 3.15. The van der Waals surface area contributed by atoms with Gasteiger partial charge in [-0.15, -0.1) is 11.3 Å². The topological polar surface area (TPSA) is 75.8 Å². The summed E-state index contributed by atoms with van der Waals surface area (Å²) in [7, 11) is 0. The summed E-state index contributed by atoms with van der Waals surface area (Å²) in [6.07, 6.45) is 6.53. The SMILES string of the molecule is O=C1CCC/C(=N/NC(=O)Cc2cn3ccsc3n2)C1. The van der Waals surface area contributed by atoms with E-state index in [9.17, 15) is 9.59 Å². The third kappa shape index (κ3) is 2.93. The molecule has 3 rings (SSSR count). The minimum absolute atomic E-state index is 0.193. The zero-order valence-electron chi connectivity index (χ0n) is 10.8. The molecule has 0 aromatic carbocycles. The molecule has 1 aliphatic carbocycles. The molecule has 1 aliphatic rings. The first-order valence-corrected chi connectivity index (χ1v) is 7.36. The van der Waals surface area contributed by atoms with Crippen LogP contribution in [0.15, 0.2) is 22.9 Å². The maximum Gasteiger partial charge on any atom is 0.246 e. The maximum atomic E-state index is 11.8. The smallest absolute Gasteiger partial charge is 0.246 e. The Hall–Kier alpha value is -2.02. The maximum absolute atomic E-state index is 11.8. The van der Waals surface area contributed by atoms with Gasteiger partial charge in [0.25, 0.3) is 0 Å². The Morgan fingerprint density at radius 2 is 2.40 bits per heavy atom. The number of Topliss-reactive ketones (excluding diaryl/α,β-unsaturated/α-hetero) is 1. The van der Waals surface area contributed by atoms with Gasteiger partial charge >= 0.3 is 0 Å². The molecule has 0 saturated heterocycles. The van der Waals surface area contributed by atoms with Gasteiger partial charge in [-0.3, -0.25) is 14.0 Å². The molecule has 0 bridgehead atoms. The van der Waals surface area contributed by atoms with Crippen molar-refractivity contribution in [3.8, 4) is 0 Å². The zero-order valence-corrected chi connectivity index (χ0v) is 11.7. The quantitative estimate of drug-likeness (QED) is 0.871.